The highest BCUT2D eigenvalue weighted by Gasteiger charge is 2.40. The molecule has 2 aliphatic rings. The Kier molecular flexibility index (Phi) is 6.54. The van der Waals surface area contributed by atoms with Crippen molar-refractivity contribution in [1.29, 1.82) is 0 Å². The molecule has 2 fully saturated rings. The van der Waals surface area contributed by atoms with Crippen LogP contribution in [-0.4, -0.2) is 61.7 Å². The highest BCUT2D eigenvalue weighted by molar-refractivity contribution is 5.36. The third-order valence-electron chi connectivity index (χ3n) is 7.02. The maximum atomic E-state index is 5.66. The fraction of sp³-hybridized carbons (Fsp3) is 0.357. The van der Waals surface area contributed by atoms with Gasteiger partial charge in [-0.05, 0) is 17.2 Å². The van der Waals surface area contributed by atoms with E-state index in [0.717, 1.165) is 45.0 Å². The second-order valence-corrected chi connectivity index (χ2v) is 8.97. The first kappa shape index (κ1) is 21.2. The number of benzene rings is 3. The fourth-order valence-corrected chi connectivity index (χ4v) is 5.58. The molecular formula is C28H33N3O. The minimum atomic E-state index is 0.346. The molecule has 2 heterocycles. The lowest BCUT2D eigenvalue weighted by Gasteiger charge is -2.52. The molecule has 0 unspecified atom stereocenters. The van der Waals surface area contributed by atoms with Crippen LogP contribution in [0.15, 0.2) is 84.9 Å². The van der Waals surface area contributed by atoms with Crippen molar-refractivity contribution in [2.24, 2.45) is 0 Å². The van der Waals surface area contributed by atoms with Gasteiger partial charge in [0.25, 0.3) is 0 Å². The van der Waals surface area contributed by atoms with Crippen molar-refractivity contribution in [2.75, 3.05) is 39.8 Å². The first-order valence-electron chi connectivity index (χ1n) is 11.7. The minimum Gasteiger partial charge on any atom is -0.496 e. The summed E-state index contributed by atoms with van der Waals surface area (Å²) in [7, 11) is 1.77. The van der Waals surface area contributed by atoms with Crippen LogP contribution in [0.3, 0.4) is 0 Å². The van der Waals surface area contributed by atoms with Crippen molar-refractivity contribution in [3.63, 3.8) is 0 Å². The maximum Gasteiger partial charge on any atom is 0.123 e. The zero-order chi connectivity index (χ0) is 21.8. The van der Waals surface area contributed by atoms with Crippen LogP contribution < -0.4 is 10.1 Å². The maximum absolute atomic E-state index is 5.66. The number of piperazine rings is 2. The average molecular weight is 428 g/mol. The Morgan fingerprint density at radius 2 is 1.53 bits per heavy atom. The molecule has 5 rings (SSSR count). The number of methoxy groups -OCH3 is 1. The van der Waals surface area contributed by atoms with E-state index in [-0.39, 0.29) is 0 Å². The van der Waals surface area contributed by atoms with Crippen molar-refractivity contribution in [3.05, 3.63) is 102 Å². The predicted octanol–water partition coefficient (Wildman–Crippen LogP) is 3.99. The Balaban J connectivity index is 1.50. The van der Waals surface area contributed by atoms with Crippen LogP contribution in [0.25, 0.3) is 0 Å². The summed E-state index contributed by atoms with van der Waals surface area (Å²) in [5.74, 6) is 1.33. The Bertz CT molecular complexity index is 954. The second kappa shape index (κ2) is 9.86. The van der Waals surface area contributed by atoms with Gasteiger partial charge in [0.2, 0.25) is 0 Å². The van der Waals surface area contributed by atoms with Crippen molar-refractivity contribution >= 4 is 0 Å². The van der Waals surface area contributed by atoms with Crippen LogP contribution in [0.2, 0.25) is 0 Å². The standard InChI is InChI=1S/C28H33N3O/c1-32-27-15-9-8-14-24(27)19-30-20-25-18-29-16-17-31(25)26(21-30)28(22-10-4-2-5-11-22)23-12-6-3-7-13-23/h2-15,25-26,28-29H,16-21H2,1H3/t25-,26-/m0/s1. The Hall–Kier alpha value is -2.66. The third-order valence-corrected chi connectivity index (χ3v) is 7.02. The SMILES string of the molecule is COc1ccccc1CN1C[C@@H]2CNCCN2[C@H](C(c2ccccc2)c2ccccc2)C1. The molecule has 32 heavy (non-hydrogen) atoms. The van der Waals surface area contributed by atoms with Gasteiger partial charge in [-0.3, -0.25) is 9.80 Å². The molecule has 2 aliphatic heterocycles. The summed E-state index contributed by atoms with van der Waals surface area (Å²) in [5, 5.41) is 3.64. The van der Waals surface area contributed by atoms with Crippen LogP contribution in [0.4, 0.5) is 0 Å². The van der Waals surface area contributed by atoms with Crippen molar-refractivity contribution < 1.29 is 4.74 Å². The summed E-state index contributed by atoms with van der Waals surface area (Å²) >= 11 is 0. The van der Waals surface area contributed by atoms with Crippen LogP contribution in [-0.2, 0) is 6.54 Å². The molecule has 0 saturated carbocycles. The number of nitrogens with zero attached hydrogens (tertiary/aromatic N) is 2. The van der Waals surface area contributed by atoms with E-state index in [2.05, 4.69) is 100 Å². The lowest BCUT2D eigenvalue weighted by molar-refractivity contribution is -0.000633. The predicted molar refractivity (Wildman–Crippen MR) is 130 cm³/mol. The zero-order valence-corrected chi connectivity index (χ0v) is 18.9. The molecule has 0 bridgehead atoms. The lowest BCUT2D eigenvalue weighted by atomic mass is 9.81. The lowest BCUT2D eigenvalue weighted by Crippen LogP contribution is -2.66. The molecule has 4 heteroatoms. The van der Waals surface area contributed by atoms with Crippen molar-refractivity contribution in [3.8, 4) is 5.75 Å². The Morgan fingerprint density at radius 3 is 2.22 bits per heavy atom. The molecule has 166 valence electrons. The first-order valence-corrected chi connectivity index (χ1v) is 11.7. The molecule has 0 aliphatic carbocycles. The summed E-state index contributed by atoms with van der Waals surface area (Å²) in [5.41, 5.74) is 4.07. The van der Waals surface area contributed by atoms with E-state index in [9.17, 15) is 0 Å². The summed E-state index contributed by atoms with van der Waals surface area (Å²) in [4.78, 5) is 5.41. The van der Waals surface area contributed by atoms with Gasteiger partial charge in [-0.2, -0.15) is 0 Å². The van der Waals surface area contributed by atoms with Gasteiger partial charge in [0.15, 0.2) is 0 Å². The van der Waals surface area contributed by atoms with Crippen LogP contribution in [0, 0.1) is 0 Å². The minimum absolute atomic E-state index is 0.346. The number of rotatable bonds is 6. The number of para-hydroxylation sites is 1. The van der Waals surface area contributed by atoms with Gasteiger partial charge in [-0.25, -0.2) is 0 Å². The van der Waals surface area contributed by atoms with Gasteiger partial charge >= 0.3 is 0 Å². The number of hydrogen-bond donors (Lipinski definition) is 1. The molecule has 0 amide bonds. The summed E-state index contributed by atoms with van der Waals surface area (Å²) in [6.07, 6.45) is 0. The van der Waals surface area contributed by atoms with Crippen LogP contribution >= 0.6 is 0 Å². The molecule has 1 N–H and O–H groups in total. The van der Waals surface area contributed by atoms with Gasteiger partial charge in [0.05, 0.1) is 7.11 Å². The van der Waals surface area contributed by atoms with Crippen molar-refractivity contribution in [1.82, 2.24) is 15.1 Å². The zero-order valence-electron chi connectivity index (χ0n) is 18.9. The topological polar surface area (TPSA) is 27.7 Å². The molecule has 2 atom stereocenters. The van der Waals surface area contributed by atoms with E-state index in [0.29, 0.717) is 18.0 Å². The number of hydrogen-bond acceptors (Lipinski definition) is 4. The average Bonchev–Trinajstić information content (AvgIpc) is 2.86. The molecule has 0 spiro atoms. The van der Waals surface area contributed by atoms with Gasteiger partial charge in [-0.15, -0.1) is 0 Å². The fourth-order valence-electron chi connectivity index (χ4n) is 5.58. The second-order valence-electron chi connectivity index (χ2n) is 8.97. The number of ether oxygens (including phenoxy) is 1. The Morgan fingerprint density at radius 1 is 0.875 bits per heavy atom. The largest absolute Gasteiger partial charge is 0.496 e. The van der Waals surface area contributed by atoms with E-state index in [1.807, 2.05) is 0 Å². The molecule has 0 aromatic heterocycles. The van der Waals surface area contributed by atoms with E-state index in [1.165, 1.54) is 16.7 Å². The Labute approximate surface area is 191 Å². The van der Waals surface area contributed by atoms with Gasteiger partial charge in [0.1, 0.15) is 5.75 Å². The van der Waals surface area contributed by atoms with E-state index in [4.69, 9.17) is 4.74 Å². The van der Waals surface area contributed by atoms with E-state index in [1.54, 1.807) is 7.11 Å². The molecule has 4 nitrogen and oxygen atoms in total. The summed E-state index contributed by atoms with van der Waals surface area (Å²) in [6, 6.07) is 31.5. The quantitative estimate of drug-likeness (QED) is 0.644. The monoisotopic (exact) mass is 427 g/mol. The summed E-state index contributed by atoms with van der Waals surface area (Å²) in [6.45, 7) is 6.26. The molecular weight excluding hydrogens is 394 g/mol. The summed E-state index contributed by atoms with van der Waals surface area (Å²) < 4.78 is 5.66. The van der Waals surface area contributed by atoms with Gasteiger partial charge in [0, 0.05) is 62.8 Å². The highest BCUT2D eigenvalue weighted by Crippen LogP contribution is 2.35. The van der Waals surface area contributed by atoms with E-state index < -0.39 is 0 Å². The van der Waals surface area contributed by atoms with Crippen molar-refractivity contribution in [2.45, 2.75) is 24.5 Å². The van der Waals surface area contributed by atoms with Gasteiger partial charge < -0.3 is 10.1 Å². The normalized spacial score (nSPS) is 21.9. The molecule has 0 radical (unpaired) electrons. The third kappa shape index (κ3) is 4.44. The van der Waals surface area contributed by atoms with Gasteiger partial charge in [-0.1, -0.05) is 78.9 Å². The smallest absolute Gasteiger partial charge is 0.123 e. The van der Waals surface area contributed by atoms with E-state index >= 15 is 0 Å². The molecule has 2 saturated heterocycles. The van der Waals surface area contributed by atoms with Crippen LogP contribution in [0.5, 0.6) is 5.75 Å². The number of nitrogens with one attached hydrogen (secondary N) is 1. The molecule has 3 aromatic rings. The molecule has 3 aromatic carbocycles. The van der Waals surface area contributed by atoms with Crippen LogP contribution in [0.1, 0.15) is 22.6 Å². The number of fused-ring (bicyclic) bond motifs is 1. The first-order chi connectivity index (χ1) is 15.8. The highest BCUT2D eigenvalue weighted by atomic mass is 16.5.